The first kappa shape index (κ1) is 23.4. The highest BCUT2D eigenvalue weighted by Gasteiger charge is 2.20. The average molecular weight is 466 g/mol. The summed E-state index contributed by atoms with van der Waals surface area (Å²) >= 11 is 0. The maximum absolute atomic E-state index is 13.6. The molecule has 0 aliphatic carbocycles. The predicted molar refractivity (Wildman–Crippen MR) is 123 cm³/mol. The summed E-state index contributed by atoms with van der Waals surface area (Å²) in [7, 11) is 0. The van der Waals surface area contributed by atoms with Gasteiger partial charge in [0.1, 0.15) is 6.07 Å². The van der Waals surface area contributed by atoms with E-state index in [4.69, 9.17) is 5.11 Å². The Labute approximate surface area is 195 Å². The molecular formula is C24H24F2N6O2. The maximum Gasteiger partial charge on any atom is 0.259 e. The maximum atomic E-state index is 13.6. The van der Waals surface area contributed by atoms with Crippen LogP contribution in [0.1, 0.15) is 21.6 Å². The minimum Gasteiger partial charge on any atom is -0.395 e. The van der Waals surface area contributed by atoms with Crippen molar-refractivity contribution in [2.45, 2.75) is 6.92 Å². The van der Waals surface area contributed by atoms with Gasteiger partial charge in [-0.05, 0) is 37.3 Å². The number of carbonyl (C=O) groups is 1. The van der Waals surface area contributed by atoms with Crippen molar-refractivity contribution in [2.24, 2.45) is 0 Å². The van der Waals surface area contributed by atoms with Gasteiger partial charge in [-0.3, -0.25) is 9.69 Å². The van der Waals surface area contributed by atoms with Crippen molar-refractivity contribution in [1.82, 2.24) is 14.7 Å². The molecule has 1 aliphatic rings. The number of piperazine rings is 1. The summed E-state index contributed by atoms with van der Waals surface area (Å²) in [4.78, 5) is 17.2. The van der Waals surface area contributed by atoms with Gasteiger partial charge >= 0.3 is 0 Å². The van der Waals surface area contributed by atoms with E-state index in [2.05, 4.69) is 26.3 Å². The number of carbonyl (C=O) groups excluding carboxylic acids is 1. The molecule has 1 saturated heterocycles. The van der Waals surface area contributed by atoms with Gasteiger partial charge in [-0.1, -0.05) is 0 Å². The number of aliphatic hydroxyl groups is 1. The van der Waals surface area contributed by atoms with Crippen molar-refractivity contribution in [3.05, 3.63) is 71.1 Å². The summed E-state index contributed by atoms with van der Waals surface area (Å²) in [5.74, 6) is -2.40. The lowest BCUT2D eigenvalue weighted by molar-refractivity contribution is 0.102. The second-order valence-electron chi connectivity index (χ2n) is 8.00. The van der Waals surface area contributed by atoms with E-state index in [9.17, 15) is 18.8 Å². The van der Waals surface area contributed by atoms with E-state index in [0.717, 1.165) is 44.0 Å². The Hall–Kier alpha value is -3.81. The molecule has 1 aromatic heterocycles. The Bertz CT molecular complexity index is 1240. The van der Waals surface area contributed by atoms with Gasteiger partial charge in [-0.15, -0.1) is 0 Å². The van der Waals surface area contributed by atoms with Crippen molar-refractivity contribution >= 4 is 17.3 Å². The van der Waals surface area contributed by atoms with Gasteiger partial charge in [0.2, 0.25) is 0 Å². The molecule has 0 spiro atoms. The molecule has 2 heterocycles. The number of nitriles is 1. The number of halogens is 2. The highest BCUT2D eigenvalue weighted by Crippen LogP contribution is 2.26. The number of nitrogens with one attached hydrogen (secondary N) is 1. The van der Waals surface area contributed by atoms with Crippen LogP contribution in [0, 0.1) is 29.9 Å². The van der Waals surface area contributed by atoms with Gasteiger partial charge in [0.25, 0.3) is 5.91 Å². The summed E-state index contributed by atoms with van der Waals surface area (Å²) in [6.45, 7) is 5.48. The number of anilines is 2. The zero-order chi connectivity index (χ0) is 24.2. The fraction of sp³-hybridized carbons (Fsp3) is 0.292. The molecule has 2 N–H and O–H groups in total. The number of rotatable bonds is 6. The fourth-order valence-electron chi connectivity index (χ4n) is 4.04. The lowest BCUT2D eigenvalue weighted by atomic mass is 10.1. The van der Waals surface area contributed by atoms with Gasteiger partial charge in [0, 0.05) is 44.5 Å². The predicted octanol–water partition coefficient (Wildman–Crippen LogP) is 2.70. The Morgan fingerprint density at radius 2 is 1.91 bits per heavy atom. The fourth-order valence-corrected chi connectivity index (χ4v) is 4.04. The van der Waals surface area contributed by atoms with E-state index in [1.54, 1.807) is 19.1 Å². The van der Waals surface area contributed by atoms with E-state index in [1.165, 1.54) is 16.9 Å². The number of hydrogen-bond acceptors (Lipinski definition) is 6. The van der Waals surface area contributed by atoms with Crippen LogP contribution in [0.5, 0.6) is 0 Å². The zero-order valence-electron chi connectivity index (χ0n) is 18.6. The van der Waals surface area contributed by atoms with Crippen LogP contribution in [0.3, 0.4) is 0 Å². The third kappa shape index (κ3) is 4.76. The normalized spacial score (nSPS) is 14.1. The van der Waals surface area contributed by atoms with Crippen molar-refractivity contribution < 1.29 is 18.7 Å². The smallest absolute Gasteiger partial charge is 0.259 e. The van der Waals surface area contributed by atoms with Gasteiger partial charge in [-0.2, -0.15) is 10.4 Å². The SMILES string of the molecule is Cc1c(C(=O)Nc2ccc(N3CCN(CCO)CC3)c(C#N)c2)cnn1-c1ccc(F)c(F)c1. The van der Waals surface area contributed by atoms with E-state index in [0.29, 0.717) is 29.2 Å². The number of β-amino-alcohol motifs (C(OH)–C–C–N with tert-alkyl or cyclic N) is 1. The quantitative estimate of drug-likeness (QED) is 0.580. The molecule has 1 aliphatic heterocycles. The number of aliphatic hydroxyl groups excluding tert-OH is 1. The zero-order valence-corrected chi connectivity index (χ0v) is 18.6. The van der Waals surface area contributed by atoms with E-state index >= 15 is 0 Å². The van der Waals surface area contributed by atoms with Gasteiger partial charge in [-0.25, -0.2) is 13.5 Å². The molecular weight excluding hydrogens is 442 g/mol. The summed E-state index contributed by atoms with van der Waals surface area (Å²) in [6, 6.07) is 10.8. The van der Waals surface area contributed by atoms with Crippen LogP contribution in [0.25, 0.3) is 5.69 Å². The monoisotopic (exact) mass is 466 g/mol. The highest BCUT2D eigenvalue weighted by molar-refractivity contribution is 6.05. The van der Waals surface area contributed by atoms with E-state index < -0.39 is 17.5 Å². The lowest BCUT2D eigenvalue weighted by Crippen LogP contribution is -2.47. The molecule has 1 amide bonds. The minimum absolute atomic E-state index is 0.122. The van der Waals surface area contributed by atoms with Gasteiger partial charge in [0.05, 0.1) is 41.0 Å². The van der Waals surface area contributed by atoms with E-state index in [1.807, 2.05) is 6.07 Å². The third-order valence-corrected chi connectivity index (χ3v) is 5.91. The van der Waals surface area contributed by atoms with Gasteiger partial charge in [0.15, 0.2) is 11.6 Å². The molecule has 176 valence electrons. The Morgan fingerprint density at radius 3 is 2.59 bits per heavy atom. The number of benzene rings is 2. The first-order chi connectivity index (χ1) is 16.4. The third-order valence-electron chi connectivity index (χ3n) is 5.91. The molecule has 0 saturated carbocycles. The number of nitrogens with zero attached hydrogens (tertiary/aromatic N) is 5. The first-order valence-electron chi connectivity index (χ1n) is 10.8. The number of hydrogen-bond donors (Lipinski definition) is 2. The van der Waals surface area contributed by atoms with Crippen molar-refractivity contribution in [3.8, 4) is 11.8 Å². The molecule has 4 rings (SSSR count). The molecule has 10 heteroatoms. The Morgan fingerprint density at radius 1 is 1.15 bits per heavy atom. The van der Waals surface area contributed by atoms with Crippen LogP contribution in [0.2, 0.25) is 0 Å². The first-order valence-corrected chi connectivity index (χ1v) is 10.8. The summed E-state index contributed by atoms with van der Waals surface area (Å²) < 4.78 is 28.2. The molecule has 2 aromatic carbocycles. The van der Waals surface area contributed by atoms with Crippen molar-refractivity contribution in [1.29, 1.82) is 5.26 Å². The van der Waals surface area contributed by atoms with Gasteiger partial charge < -0.3 is 15.3 Å². The molecule has 8 nitrogen and oxygen atoms in total. The summed E-state index contributed by atoms with van der Waals surface area (Å²) in [6.07, 6.45) is 1.36. The van der Waals surface area contributed by atoms with Crippen LogP contribution in [-0.2, 0) is 0 Å². The average Bonchev–Trinajstić information content (AvgIpc) is 3.23. The van der Waals surface area contributed by atoms with Crippen LogP contribution in [0.15, 0.2) is 42.6 Å². The Balaban J connectivity index is 1.49. The van der Waals surface area contributed by atoms with E-state index in [-0.39, 0.29) is 12.2 Å². The topological polar surface area (TPSA) is 97.4 Å². The van der Waals surface area contributed by atoms with Crippen LogP contribution in [0.4, 0.5) is 20.2 Å². The molecule has 3 aromatic rings. The Kier molecular flexibility index (Phi) is 6.86. The second kappa shape index (κ2) is 9.99. The standard InChI is InChI=1S/C24H24F2N6O2/c1-16-20(15-28-32(16)19-3-4-21(25)22(26)13-19)24(34)29-18-2-5-23(17(12-18)14-27)31-8-6-30(7-9-31)10-11-33/h2-5,12-13,15,33H,6-11H2,1H3,(H,29,34). The lowest BCUT2D eigenvalue weighted by Gasteiger charge is -2.36. The second-order valence-corrected chi connectivity index (χ2v) is 8.00. The van der Waals surface area contributed by atoms with Crippen molar-refractivity contribution in [2.75, 3.05) is 49.5 Å². The minimum atomic E-state index is -1.00. The van der Waals surface area contributed by atoms with Crippen LogP contribution in [-0.4, -0.2) is 65.0 Å². The molecule has 34 heavy (non-hydrogen) atoms. The summed E-state index contributed by atoms with van der Waals surface area (Å²) in [5, 5.41) is 25.7. The molecule has 1 fully saturated rings. The number of aromatic nitrogens is 2. The molecule has 0 unspecified atom stereocenters. The molecule has 0 radical (unpaired) electrons. The number of amides is 1. The van der Waals surface area contributed by atoms with Crippen LogP contribution >= 0.6 is 0 Å². The molecule has 0 atom stereocenters. The highest BCUT2D eigenvalue weighted by atomic mass is 19.2. The van der Waals surface area contributed by atoms with Crippen LogP contribution < -0.4 is 10.2 Å². The van der Waals surface area contributed by atoms with Crippen molar-refractivity contribution in [3.63, 3.8) is 0 Å². The largest absolute Gasteiger partial charge is 0.395 e. The molecule has 0 bridgehead atoms. The summed E-state index contributed by atoms with van der Waals surface area (Å²) in [5.41, 5.74) is 2.73.